The van der Waals surface area contributed by atoms with E-state index < -0.39 is 5.60 Å². The highest BCUT2D eigenvalue weighted by atomic mass is 35.5. The molecular formula is C32H33ClN8O3S2. The van der Waals surface area contributed by atoms with E-state index in [1.54, 1.807) is 41.0 Å². The predicted molar refractivity (Wildman–Crippen MR) is 183 cm³/mol. The maximum absolute atomic E-state index is 12.2. The average molecular weight is 677 g/mol. The molecule has 0 fully saturated rings. The molecule has 46 heavy (non-hydrogen) atoms. The summed E-state index contributed by atoms with van der Waals surface area (Å²) >= 11 is 9.49. The van der Waals surface area contributed by atoms with Crippen molar-refractivity contribution < 1.29 is 14.3 Å². The van der Waals surface area contributed by atoms with Crippen LogP contribution in [0.2, 0.25) is 5.15 Å². The van der Waals surface area contributed by atoms with E-state index >= 15 is 0 Å². The van der Waals surface area contributed by atoms with Gasteiger partial charge in [-0.1, -0.05) is 11.6 Å². The molecule has 8 rings (SSSR count). The summed E-state index contributed by atoms with van der Waals surface area (Å²) in [6.45, 7) is 9.40. The van der Waals surface area contributed by atoms with E-state index in [0.29, 0.717) is 18.2 Å². The molecule has 0 bridgehead atoms. The van der Waals surface area contributed by atoms with Crippen LogP contribution in [0.25, 0.3) is 20.4 Å². The topological polar surface area (TPSA) is 127 Å². The predicted octanol–water partition coefficient (Wildman–Crippen LogP) is 6.66. The number of hydrogen-bond acceptors (Lipinski definition) is 12. The molecule has 0 saturated heterocycles. The minimum Gasteiger partial charge on any atom is -0.495 e. The van der Waals surface area contributed by atoms with Gasteiger partial charge in [0.1, 0.15) is 44.6 Å². The van der Waals surface area contributed by atoms with Gasteiger partial charge in [0.15, 0.2) is 0 Å². The van der Waals surface area contributed by atoms with Crippen molar-refractivity contribution in [1.29, 1.82) is 0 Å². The number of carbonyl (C=O) groups is 1. The van der Waals surface area contributed by atoms with Gasteiger partial charge in [0.25, 0.3) is 0 Å². The van der Waals surface area contributed by atoms with Gasteiger partial charge < -0.3 is 25.0 Å². The molecule has 0 radical (unpaired) electrons. The molecule has 3 aliphatic rings. The number of nitrogens with one attached hydrogen (secondary N) is 2. The van der Waals surface area contributed by atoms with Gasteiger partial charge in [-0.3, -0.25) is 4.99 Å². The van der Waals surface area contributed by atoms with Crippen LogP contribution < -0.4 is 15.4 Å². The van der Waals surface area contributed by atoms with Crippen LogP contribution in [-0.4, -0.2) is 62.9 Å². The van der Waals surface area contributed by atoms with E-state index in [1.807, 2.05) is 27.0 Å². The Labute approximate surface area is 279 Å². The number of fused-ring (bicyclic) bond motifs is 7. The maximum Gasteiger partial charge on any atom is 0.410 e. The molecule has 3 aliphatic heterocycles. The lowest BCUT2D eigenvalue weighted by Gasteiger charge is -2.30. The first-order valence-electron chi connectivity index (χ1n) is 15.0. The zero-order chi connectivity index (χ0) is 32.0. The van der Waals surface area contributed by atoms with Gasteiger partial charge in [0.2, 0.25) is 0 Å². The van der Waals surface area contributed by atoms with Gasteiger partial charge in [-0.05, 0) is 74.5 Å². The summed E-state index contributed by atoms with van der Waals surface area (Å²) in [5.41, 5.74) is 5.28. The van der Waals surface area contributed by atoms with Gasteiger partial charge in [0, 0.05) is 29.1 Å². The molecule has 0 saturated carbocycles. The number of ether oxygens (including phenoxy) is 2. The summed E-state index contributed by atoms with van der Waals surface area (Å²) < 4.78 is 11.0. The number of benzene rings is 1. The minimum absolute atomic E-state index is 0.275. The Hall–Kier alpha value is -3.91. The van der Waals surface area contributed by atoms with Crippen LogP contribution in [0.3, 0.4) is 0 Å². The monoisotopic (exact) mass is 676 g/mol. The number of amides is 1. The Morgan fingerprint density at radius 1 is 1.02 bits per heavy atom. The lowest BCUT2D eigenvalue weighted by molar-refractivity contribution is 0.0227. The van der Waals surface area contributed by atoms with Crippen molar-refractivity contribution in [2.75, 3.05) is 25.5 Å². The Morgan fingerprint density at radius 3 is 2.59 bits per heavy atom. The third-order valence-electron chi connectivity index (χ3n) is 7.96. The molecule has 14 heteroatoms. The van der Waals surface area contributed by atoms with Gasteiger partial charge in [-0.25, -0.2) is 24.7 Å². The largest absolute Gasteiger partial charge is 0.495 e. The highest BCUT2D eigenvalue weighted by molar-refractivity contribution is 7.19. The fourth-order valence-electron chi connectivity index (χ4n) is 5.86. The van der Waals surface area contributed by atoms with Gasteiger partial charge in [-0.15, -0.1) is 22.7 Å². The molecule has 2 N–H and O–H groups in total. The van der Waals surface area contributed by atoms with E-state index in [-0.39, 0.29) is 6.09 Å². The second-order valence-electron chi connectivity index (χ2n) is 12.2. The lowest BCUT2D eigenvalue weighted by atomic mass is 10.1. The standard InChI is InChI=1S/C18H17N5OS.C14H16ClN3O2S/c1-24-14-5-11-7-20-6-10(11)4-13(14)23-17-16-12-2-3-19-8-15(12)25-18(16)22-9-21-17;1-14(2,3)20-13(19)18-5-4-8-9(6-18)21-12-10(8)11(15)16-7-17-12/h4-6,9,19H,2-3,7-8H2,1H3,(H,21,22,23);7H,4-6H2,1-3H3. The Balaban J connectivity index is 0.000000150. The van der Waals surface area contributed by atoms with E-state index in [9.17, 15) is 4.79 Å². The summed E-state index contributed by atoms with van der Waals surface area (Å²) in [5.74, 6) is 1.65. The Bertz CT molecular complexity index is 2000. The summed E-state index contributed by atoms with van der Waals surface area (Å²) in [6, 6.07) is 4.13. The smallest absolute Gasteiger partial charge is 0.410 e. The maximum atomic E-state index is 12.2. The van der Waals surface area contributed by atoms with Gasteiger partial charge in [0.05, 0.1) is 36.7 Å². The molecule has 11 nitrogen and oxygen atoms in total. The first kappa shape index (κ1) is 30.7. The number of hydrogen-bond donors (Lipinski definition) is 2. The van der Waals surface area contributed by atoms with Crippen LogP contribution in [0, 0.1) is 0 Å². The third kappa shape index (κ3) is 5.99. The molecule has 1 aromatic carbocycles. The summed E-state index contributed by atoms with van der Waals surface area (Å²) in [4.78, 5) is 39.9. The molecule has 7 heterocycles. The number of methoxy groups -OCH3 is 1. The average Bonchev–Trinajstić information content (AvgIpc) is 3.75. The number of nitrogens with zero attached hydrogens (tertiary/aromatic N) is 6. The molecule has 0 aliphatic carbocycles. The van der Waals surface area contributed by atoms with Crippen molar-refractivity contribution >= 4 is 78.5 Å². The van der Waals surface area contributed by atoms with Crippen molar-refractivity contribution in [1.82, 2.24) is 30.2 Å². The molecule has 0 unspecified atom stereocenters. The van der Waals surface area contributed by atoms with Gasteiger partial charge >= 0.3 is 6.09 Å². The van der Waals surface area contributed by atoms with Crippen LogP contribution in [0.1, 0.15) is 52.8 Å². The van der Waals surface area contributed by atoms with Crippen molar-refractivity contribution in [3.63, 3.8) is 0 Å². The van der Waals surface area contributed by atoms with Crippen molar-refractivity contribution in [3.8, 4) is 5.75 Å². The van der Waals surface area contributed by atoms with Crippen molar-refractivity contribution in [3.05, 3.63) is 61.9 Å². The highest BCUT2D eigenvalue weighted by Crippen LogP contribution is 2.39. The zero-order valence-electron chi connectivity index (χ0n) is 25.9. The first-order chi connectivity index (χ1) is 22.2. The quantitative estimate of drug-likeness (QED) is 0.202. The number of aromatic nitrogens is 4. The van der Waals surface area contributed by atoms with E-state index in [0.717, 1.165) is 80.6 Å². The Kier molecular flexibility index (Phi) is 8.26. The number of thiophene rings is 2. The molecule has 1 amide bonds. The number of rotatable bonds is 3. The molecular weight excluding hydrogens is 644 g/mol. The van der Waals surface area contributed by atoms with Crippen molar-refractivity contribution in [2.45, 2.75) is 58.8 Å². The number of halogens is 1. The van der Waals surface area contributed by atoms with Gasteiger partial charge in [-0.2, -0.15) is 0 Å². The Morgan fingerprint density at radius 2 is 1.78 bits per heavy atom. The molecule has 5 aromatic rings. The number of aliphatic imine (C=N–C) groups is 1. The number of carbonyl (C=O) groups excluding carboxylic acids is 1. The SMILES string of the molecule is CC(C)(C)OC(=O)N1CCc2c(sc3ncnc(Cl)c23)C1.COc1cc2c(cc1Nc1ncnc3sc4c(c13)CCNC4)C=NC2. The van der Waals surface area contributed by atoms with E-state index in [4.69, 9.17) is 21.1 Å². The van der Waals surface area contributed by atoms with Crippen LogP contribution in [-0.2, 0) is 37.2 Å². The number of anilines is 2. The highest BCUT2D eigenvalue weighted by Gasteiger charge is 2.29. The summed E-state index contributed by atoms with van der Waals surface area (Å²) in [7, 11) is 1.69. The molecule has 0 spiro atoms. The molecule has 238 valence electrons. The lowest BCUT2D eigenvalue weighted by Crippen LogP contribution is -2.39. The normalized spacial score (nSPS) is 15.2. The molecule has 4 aromatic heterocycles. The van der Waals surface area contributed by atoms with Crippen LogP contribution in [0.5, 0.6) is 5.75 Å². The third-order valence-corrected chi connectivity index (χ3v) is 10.5. The van der Waals surface area contributed by atoms with Crippen LogP contribution in [0.15, 0.2) is 29.8 Å². The summed E-state index contributed by atoms with van der Waals surface area (Å²) in [6.07, 6.45) is 6.49. The van der Waals surface area contributed by atoms with Crippen LogP contribution in [0.4, 0.5) is 16.3 Å². The second kappa shape index (κ2) is 12.4. The first-order valence-corrected chi connectivity index (χ1v) is 17.0. The summed E-state index contributed by atoms with van der Waals surface area (Å²) in [5, 5.41) is 9.47. The fraction of sp³-hybridized carbons (Fsp3) is 0.375. The van der Waals surface area contributed by atoms with E-state index in [2.05, 4.69) is 47.7 Å². The zero-order valence-corrected chi connectivity index (χ0v) is 28.3. The fourth-order valence-corrected chi connectivity index (χ4v) is 8.52. The second-order valence-corrected chi connectivity index (χ2v) is 14.7. The van der Waals surface area contributed by atoms with E-state index in [1.165, 1.54) is 27.9 Å². The minimum atomic E-state index is -0.480. The van der Waals surface area contributed by atoms with Crippen molar-refractivity contribution in [2.24, 2.45) is 4.99 Å². The molecule has 0 atom stereocenters. The van der Waals surface area contributed by atoms with Crippen LogP contribution >= 0.6 is 34.3 Å².